The predicted octanol–water partition coefficient (Wildman–Crippen LogP) is 1.37. The highest BCUT2D eigenvalue weighted by Gasteiger charge is 2.42. The molecule has 0 bridgehead atoms. The van der Waals surface area contributed by atoms with Crippen molar-refractivity contribution in [1.82, 2.24) is 15.3 Å². The first-order valence-corrected chi connectivity index (χ1v) is 6.61. The number of carbonyl (C=O) groups is 1. The number of amides is 1. The van der Waals surface area contributed by atoms with E-state index in [1.165, 1.54) is 4.90 Å². The van der Waals surface area contributed by atoms with Gasteiger partial charge in [0.1, 0.15) is 6.17 Å². The Balaban J connectivity index is 2.28. The molecule has 5 nitrogen and oxygen atoms in total. The topological polar surface area (TPSA) is 55.8 Å². The van der Waals surface area contributed by atoms with Crippen molar-refractivity contribution in [3.05, 3.63) is 22.4 Å². The smallest absolute Gasteiger partial charge is 0.254 e. The molecule has 19 heavy (non-hydrogen) atoms. The summed E-state index contributed by atoms with van der Waals surface area (Å²) in [5.41, 5.74) is 4.58. The van der Waals surface area contributed by atoms with Gasteiger partial charge in [0.05, 0.1) is 5.03 Å². The zero-order valence-corrected chi connectivity index (χ0v) is 12.6. The van der Waals surface area contributed by atoms with Gasteiger partial charge in [-0.25, -0.2) is 5.43 Å². The van der Waals surface area contributed by atoms with Gasteiger partial charge in [-0.2, -0.15) is 0 Å². The minimum absolute atomic E-state index is 0.0451. The van der Waals surface area contributed by atoms with Crippen molar-refractivity contribution in [3.8, 4) is 0 Å². The number of allylic oxidation sites excluding steroid dienone is 1. The van der Waals surface area contributed by atoms with Crippen LogP contribution in [0.15, 0.2) is 22.4 Å². The second-order valence-electron chi connectivity index (χ2n) is 5.99. The zero-order valence-electron chi connectivity index (χ0n) is 11.9. The van der Waals surface area contributed by atoms with Crippen LogP contribution in [0.2, 0.25) is 0 Å². The number of hydrogen-bond donors (Lipinski definition) is 2. The van der Waals surface area contributed by atoms with E-state index in [1.54, 1.807) is 6.92 Å². The Morgan fingerprint density at radius 2 is 2.00 bits per heavy atom. The highest BCUT2D eigenvalue weighted by atomic mass is 35.5. The summed E-state index contributed by atoms with van der Waals surface area (Å²) in [6.07, 6.45) is 0.493. The Hall–Kier alpha value is -1.04. The van der Waals surface area contributed by atoms with Crippen LogP contribution in [0.4, 0.5) is 0 Å². The second-order valence-corrected chi connectivity index (χ2v) is 6.40. The van der Waals surface area contributed by atoms with Crippen LogP contribution in [-0.4, -0.2) is 40.4 Å². The summed E-state index contributed by atoms with van der Waals surface area (Å²) >= 11 is 5.95. The molecule has 2 N–H and O–H groups in total. The Kier molecular flexibility index (Phi) is 3.41. The van der Waals surface area contributed by atoms with E-state index in [9.17, 15) is 9.90 Å². The average Bonchev–Trinajstić information content (AvgIpc) is 2.75. The third-order valence-electron chi connectivity index (χ3n) is 3.47. The van der Waals surface area contributed by atoms with Gasteiger partial charge >= 0.3 is 0 Å². The van der Waals surface area contributed by atoms with Crippen LogP contribution in [0.3, 0.4) is 0 Å². The molecule has 0 spiro atoms. The van der Waals surface area contributed by atoms with Crippen molar-refractivity contribution in [1.29, 1.82) is 0 Å². The predicted molar refractivity (Wildman–Crippen MR) is 73.6 cm³/mol. The molecule has 0 aliphatic carbocycles. The third kappa shape index (κ3) is 2.26. The lowest BCUT2D eigenvalue weighted by atomic mass is 9.91. The molecule has 2 rings (SSSR count). The number of rotatable bonds is 1. The normalized spacial score (nSPS) is 28.6. The molecule has 0 fully saturated rings. The van der Waals surface area contributed by atoms with Crippen LogP contribution in [0.5, 0.6) is 0 Å². The van der Waals surface area contributed by atoms with Crippen molar-refractivity contribution >= 4 is 17.5 Å². The molecule has 2 atom stereocenters. The van der Waals surface area contributed by atoms with E-state index in [2.05, 4.69) is 26.2 Å². The largest absolute Gasteiger partial charge is 0.368 e. The summed E-state index contributed by atoms with van der Waals surface area (Å²) < 4.78 is 0. The molecule has 2 aliphatic heterocycles. The molecule has 0 saturated carbocycles. The number of carbonyl (C=O) groups excluding carboxylic acids is 1. The Labute approximate surface area is 118 Å². The number of hydrogen-bond acceptors (Lipinski definition) is 4. The summed E-state index contributed by atoms with van der Waals surface area (Å²) in [4.78, 5) is 13.5. The molecule has 0 aromatic carbocycles. The van der Waals surface area contributed by atoms with Crippen LogP contribution in [0, 0.1) is 5.41 Å². The van der Waals surface area contributed by atoms with Gasteiger partial charge in [0.25, 0.3) is 5.91 Å². The molecule has 0 radical (unpaired) electrons. The Morgan fingerprint density at radius 1 is 1.42 bits per heavy atom. The fraction of sp³-hybridized carbons (Fsp3) is 0.615. The number of aliphatic hydroxyl groups excluding tert-OH is 1. The number of hydrazine groups is 1. The highest BCUT2D eigenvalue weighted by Crippen LogP contribution is 2.34. The van der Waals surface area contributed by atoms with E-state index in [0.717, 1.165) is 5.70 Å². The van der Waals surface area contributed by atoms with Crippen LogP contribution in [0.1, 0.15) is 27.7 Å². The van der Waals surface area contributed by atoms with Gasteiger partial charge in [-0.1, -0.05) is 32.4 Å². The van der Waals surface area contributed by atoms with Crippen molar-refractivity contribution in [2.75, 3.05) is 7.05 Å². The fourth-order valence-corrected chi connectivity index (χ4v) is 2.65. The molecular formula is C13H20ClN3O2. The van der Waals surface area contributed by atoms with Crippen LogP contribution in [0.25, 0.3) is 0 Å². The lowest BCUT2D eigenvalue weighted by Gasteiger charge is -2.30. The third-order valence-corrected chi connectivity index (χ3v) is 3.95. The Morgan fingerprint density at radius 3 is 2.37 bits per heavy atom. The maximum Gasteiger partial charge on any atom is 0.254 e. The molecule has 2 aliphatic rings. The second kappa shape index (κ2) is 4.51. The summed E-state index contributed by atoms with van der Waals surface area (Å²) in [6.45, 7) is 7.91. The molecule has 2 heterocycles. The molecule has 0 saturated heterocycles. The zero-order chi connectivity index (χ0) is 14.5. The molecule has 0 aromatic heterocycles. The maximum atomic E-state index is 12.1. The van der Waals surface area contributed by atoms with Crippen molar-refractivity contribution < 1.29 is 9.90 Å². The van der Waals surface area contributed by atoms with E-state index in [0.29, 0.717) is 5.57 Å². The minimum Gasteiger partial charge on any atom is -0.368 e. The summed E-state index contributed by atoms with van der Waals surface area (Å²) in [5.74, 6) is -0.241. The molecule has 6 heteroatoms. The molecule has 1 amide bonds. The van der Waals surface area contributed by atoms with Gasteiger partial charge in [-0.05, 0) is 13.0 Å². The monoisotopic (exact) mass is 285 g/mol. The first-order chi connectivity index (χ1) is 8.64. The van der Waals surface area contributed by atoms with E-state index < -0.39 is 6.23 Å². The summed E-state index contributed by atoms with van der Waals surface area (Å²) in [5, 5.41) is 12.1. The Bertz CT molecular complexity index is 479. The van der Waals surface area contributed by atoms with Crippen molar-refractivity contribution in [3.63, 3.8) is 0 Å². The SMILES string of the molecule is CC1=C(Cl)C(O)N(C2C=C(C(C)(C)C)N(C)N2)C1=O. The summed E-state index contributed by atoms with van der Waals surface area (Å²) in [7, 11) is 1.89. The molecule has 2 unspecified atom stereocenters. The molecular weight excluding hydrogens is 266 g/mol. The van der Waals surface area contributed by atoms with Crippen LogP contribution in [-0.2, 0) is 4.79 Å². The van der Waals surface area contributed by atoms with E-state index >= 15 is 0 Å². The van der Waals surface area contributed by atoms with E-state index in [1.807, 2.05) is 18.1 Å². The first kappa shape index (κ1) is 14.4. The first-order valence-electron chi connectivity index (χ1n) is 6.24. The molecule has 0 aromatic rings. The number of nitrogens with one attached hydrogen (secondary N) is 1. The van der Waals surface area contributed by atoms with Gasteiger partial charge in [0.2, 0.25) is 0 Å². The standard InChI is InChI=1S/C13H20ClN3O2/c1-7-10(14)12(19)17(11(7)18)9-6-8(13(2,3)4)16(5)15-9/h6,9,12,15,19H,1-5H3. The number of halogens is 1. The van der Waals surface area contributed by atoms with Gasteiger partial charge < -0.3 is 10.1 Å². The molecule has 106 valence electrons. The van der Waals surface area contributed by atoms with Crippen LogP contribution < -0.4 is 5.43 Å². The van der Waals surface area contributed by atoms with Gasteiger partial charge in [0, 0.05) is 23.7 Å². The highest BCUT2D eigenvalue weighted by molar-refractivity contribution is 6.33. The fourth-order valence-electron chi connectivity index (χ4n) is 2.46. The van der Waals surface area contributed by atoms with Gasteiger partial charge in [-0.15, -0.1) is 0 Å². The maximum absolute atomic E-state index is 12.1. The van der Waals surface area contributed by atoms with Gasteiger partial charge in [-0.3, -0.25) is 9.69 Å². The van der Waals surface area contributed by atoms with E-state index in [4.69, 9.17) is 11.6 Å². The lowest BCUT2D eigenvalue weighted by molar-refractivity contribution is -0.135. The van der Waals surface area contributed by atoms with Crippen molar-refractivity contribution in [2.24, 2.45) is 5.41 Å². The number of aliphatic hydroxyl groups is 1. The van der Waals surface area contributed by atoms with Crippen molar-refractivity contribution in [2.45, 2.75) is 40.1 Å². The van der Waals surface area contributed by atoms with Gasteiger partial charge in [0.15, 0.2) is 6.23 Å². The number of nitrogens with zero attached hydrogens (tertiary/aromatic N) is 2. The minimum atomic E-state index is -1.07. The van der Waals surface area contributed by atoms with E-state index in [-0.39, 0.29) is 22.5 Å². The lowest BCUT2D eigenvalue weighted by Crippen LogP contribution is -2.51. The average molecular weight is 286 g/mol. The van der Waals surface area contributed by atoms with Crippen LogP contribution >= 0.6 is 11.6 Å². The quantitative estimate of drug-likeness (QED) is 0.764. The summed E-state index contributed by atoms with van der Waals surface area (Å²) in [6, 6.07) is 0.